The molecule has 1 saturated heterocycles. The summed E-state index contributed by atoms with van der Waals surface area (Å²) in [6, 6.07) is 1.16. The van der Waals surface area contributed by atoms with Gasteiger partial charge < -0.3 is 9.88 Å². The summed E-state index contributed by atoms with van der Waals surface area (Å²) in [6.45, 7) is 5.39. The summed E-state index contributed by atoms with van der Waals surface area (Å²) < 4.78 is 26.8. The number of H-pyrrole nitrogens is 1. The minimum absolute atomic E-state index is 0.0209. The number of aromatic nitrogens is 1. The average Bonchev–Trinajstić information content (AvgIpc) is 2.87. The number of sulfonamides is 1. The van der Waals surface area contributed by atoms with Gasteiger partial charge in [-0.2, -0.15) is 0 Å². The van der Waals surface area contributed by atoms with E-state index in [1.165, 1.54) is 0 Å². The molecule has 112 valence electrons. The van der Waals surface area contributed by atoms with Gasteiger partial charge in [-0.3, -0.25) is 4.79 Å². The first kappa shape index (κ1) is 15.5. The molecule has 0 amide bonds. The normalized spacial score (nSPS) is 20.4. The van der Waals surface area contributed by atoms with Gasteiger partial charge in [0, 0.05) is 19.3 Å². The summed E-state index contributed by atoms with van der Waals surface area (Å²) in [6.07, 6.45) is 2.15. The third kappa shape index (κ3) is 3.60. The highest BCUT2D eigenvalue weighted by Crippen LogP contribution is 2.16. The smallest absolute Gasteiger partial charge is 0.266 e. The Labute approximate surface area is 123 Å². The van der Waals surface area contributed by atoms with E-state index in [1.807, 2.05) is 0 Å². The third-order valence-corrected chi connectivity index (χ3v) is 5.20. The van der Waals surface area contributed by atoms with Gasteiger partial charge in [0.1, 0.15) is 5.02 Å². The second kappa shape index (κ2) is 6.26. The maximum Gasteiger partial charge on any atom is 0.266 e. The Kier molecular flexibility index (Phi) is 4.85. The highest BCUT2D eigenvalue weighted by molar-refractivity contribution is 7.89. The number of likely N-dealkylation sites (tertiary alicyclic amines) is 1. The van der Waals surface area contributed by atoms with Gasteiger partial charge in [-0.1, -0.05) is 18.5 Å². The van der Waals surface area contributed by atoms with Crippen molar-refractivity contribution in [2.75, 3.05) is 26.2 Å². The van der Waals surface area contributed by atoms with Crippen molar-refractivity contribution in [3.8, 4) is 0 Å². The lowest BCUT2D eigenvalue weighted by Gasteiger charge is -2.14. The fourth-order valence-corrected chi connectivity index (χ4v) is 3.62. The van der Waals surface area contributed by atoms with Crippen LogP contribution in [0.5, 0.6) is 0 Å². The summed E-state index contributed by atoms with van der Waals surface area (Å²) in [7, 11) is -3.63. The molecule has 2 heterocycles. The van der Waals surface area contributed by atoms with Gasteiger partial charge in [-0.15, -0.1) is 0 Å². The Morgan fingerprint density at radius 1 is 1.55 bits per heavy atom. The summed E-state index contributed by atoms with van der Waals surface area (Å²) >= 11 is 5.64. The first-order valence-electron chi connectivity index (χ1n) is 6.52. The second-order valence-electron chi connectivity index (χ2n) is 4.91. The van der Waals surface area contributed by atoms with Crippen LogP contribution in [0.15, 0.2) is 22.0 Å². The van der Waals surface area contributed by atoms with Gasteiger partial charge in [0.2, 0.25) is 10.0 Å². The molecule has 2 N–H and O–H groups in total. The summed E-state index contributed by atoms with van der Waals surface area (Å²) in [5, 5.41) is -0.133. The van der Waals surface area contributed by atoms with Crippen molar-refractivity contribution in [3.63, 3.8) is 0 Å². The van der Waals surface area contributed by atoms with E-state index in [4.69, 9.17) is 11.6 Å². The fraction of sp³-hybridized carbons (Fsp3) is 0.583. The van der Waals surface area contributed by atoms with Gasteiger partial charge in [0.05, 0.1) is 4.90 Å². The molecular formula is C12H18ClN3O3S. The van der Waals surface area contributed by atoms with E-state index in [2.05, 4.69) is 21.5 Å². The lowest BCUT2D eigenvalue weighted by atomic mass is 10.1. The molecule has 1 aromatic rings. The van der Waals surface area contributed by atoms with E-state index in [-0.39, 0.29) is 9.92 Å². The van der Waals surface area contributed by atoms with Gasteiger partial charge in [0.25, 0.3) is 5.56 Å². The SMILES string of the molecule is CCN1CCC(CNS(=O)(=O)c2c[nH]c(=O)c(Cl)c2)C1. The van der Waals surface area contributed by atoms with Crippen molar-refractivity contribution in [3.05, 3.63) is 27.6 Å². The molecule has 8 heteroatoms. The van der Waals surface area contributed by atoms with Crippen LogP contribution >= 0.6 is 11.6 Å². The van der Waals surface area contributed by atoms with E-state index in [0.29, 0.717) is 12.5 Å². The highest BCUT2D eigenvalue weighted by Gasteiger charge is 2.23. The predicted molar refractivity (Wildman–Crippen MR) is 77.5 cm³/mol. The minimum atomic E-state index is -3.63. The zero-order valence-electron chi connectivity index (χ0n) is 11.2. The Balaban J connectivity index is 2.01. The number of rotatable bonds is 5. The molecule has 0 spiro atoms. The van der Waals surface area contributed by atoms with E-state index in [9.17, 15) is 13.2 Å². The number of nitrogens with zero attached hydrogens (tertiary/aromatic N) is 1. The molecular weight excluding hydrogens is 302 g/mol. The van der Waals surface area contributed by atoms with E-state index in [0.717, 1.165) is 38.3 Å². The zero-order valence-corrected chi connectivity index (χ0v) is 12.8. The van der Waals surface area contributed by atoms with Crippen LogP contribution < -0.4 is 10.3 Å². The fourth-order valence-electron chi connectivity index (χ4n) is 2.27. The second-order valence-corrected chi connectivity index (χ2v) is 7.09. The van der Waals surface area contributed by atoms with Crippen molar-refractivity contribution in [1.29, 1.82) is 0 Å². The van der Waals surface area contributed by atoms with E-state index in [1.54, 1.807) is 0 Å². The van der Waals surface area contributed by atoms with Gasteiger partial charge in [-0.05, 0) is 31.5 Å². The molecule has 0 bridgehead atoms. The lowest BCUT2D eigenvalue weighted by Crippen LogP contribution is -2.31. The highest BCUT2D eigenvalue weighted by atomic mass is 35.5. The van der Waals surface area contributed by atoms with Crippen LogP contribution in [0.3, 0.4) is 0 Å². The van der Waals surface area contributed by atoms with Crippen LogP contribution in [0.2, 0.25) is 5.02 Å². The molecule has 0 radical (unpaired) electrons. The Morgan fingerprint density at radius 3 is 2.90 bits per heavy atom. The first-order valence-corrected chi connectivity index (χ1v) is 8.38. The maximum absolute atomic E-state index is 12.1. The number of halogens is 1. The van der Waals surface area contributed by atoms with Crippen molar-refractivity contribution >= 4 is 21.6 Å². The van der Waals surface area contributed by atoms with Crippen LogP contribution in [0.4, 0.5) is 0 Å². The molecule has 0 aromatic carbocycles. The van der Waals surface area contributed by atoms with Crippen molar-refractivity contribution in [2.24, 2.45) is 5.92 Å². The lowest BCUT2D eigenvalue weighted by molar-refractivity contribution is 0.342. The number of hydrogen-bond donors (Lipinski definition) is 2. The first-order chi connectivity index (χ1) is 9.42. The Hall–Kier alpha value is -0.890. The van der Waals surface area contributed by atoms with Crippen LogP contribution in [0.1, 0.15) is 13.3 Å². The summed E-state index contributed by atoms with van der Waals surface area (Å²) in [5.41, 5.74) is -0.500. The van der Waals surface area contributed by atoms with Crippen molar-refractivity contribution < 1.29 is 8.42 Å². The number of nitrogens with one attached hydrogen (secondary N) is 2. The van der Waals surface area contributed by atoms with Crippen molar-refractivity contribution in [2.45, 2.75) is 18.2 Å². The average molecular weight is 320 g/mol. The maximum atomic E-state index is 12.1. The molecule has 1 atom stereocenters. The molecule has 1 unspecified atom stereocenters. The van der Waals surface area contributed by atoms with Crippen LogP contribution in [0.25, 0.3) is 0 Å². The van der Waals surface area contributed by atoms with E-state index >= 15 is 0 Å². The molecule has 0 aliphatic carbocycles. The molecule has 1 aromatic heterocycles. The van der Waals surface area contributed by atoms with Crippen molar-refractivity contribution in [1.82, 2.24) is 14.6 Å². The number of aromatic amines is 1. The van der Waals surface area contributed by atoms with Crippen LogP contribution in [-0.2, 0) is 10.0 Å². The monoisotopic (exact) mass is 319 g/mol. The molecule has 0 saturated carbocycles. The van der Waals surface area contributed by atoms with Gasteiger partial charge in [0.15, 0.2) is 0 Å². The van der Waals surface area contributed by atoms with E-state index < -0.39 is 15.6 Å². The summed E-state index contributed by atoms with van der Waals surface area (Å²) in [5.74, 6) is 0.322. The summed E-state index contributed by atoms with van der Waals surface area (Å²) in [4.78, 5) is 15.7. The molecule has 1 aliphatic heterocycles. The number of pyridine rings is 1. The Bertz CT molecular complexity index is 629. The van der Waals surface area contributed by atoms with Gasteiger partial charge >= 0.3 is 0 Å². The zero-order chi connectivity index (χ0) is 14.8. The number of hydrogen-bond acceptors (Lipinski definition) is 4. The van der Waals surface area contributed by atoms with Gasteiger partial charge in [-0.25, -0.2) is 13.1 Å². The molecule has 1 aliphatic rings. The third-order valence-electron chi connectivity index (χ3n) is 3.52. The largest absolute Gasteiger partial charge is 0.326 e. The molecule has 1 fully saturated rings. The standard InChI is InChI=1S/C12H18ClN3O3S/c1-2-16-4-3-9(8-16)6-15-20(18,19)10-5-11(13)12(17)14-7-10/h5,7,9,15H,2-4,6,8H2,1H3,(H,14,17). The van der Waals surface area contributed by atoms with Crippen LogP contribution in [-0.4, -0.2) is 44.5 Å². The predicted octanol–water partition coefficient (Wildman–Crippen LogP) is 0.648. The molecule has 6 nitrogen and oxygen atoms in total. The Morgan fingerprint density at radius 2 is 2.30 bits per heavy atom. The minimum Gasteiger partial charge on any atom is -0.326 e. The molecule has 20 heavy (non-hydrogen) atoms. The van der Waals surface area contributed by atoms with Crippen LogP contribution in [0, 0.1) is 5.92 Å². The topological polar surface area (TPSA) is 82.3 Å². The quantitative estimate of drug-likeness (QED) is 0.835. The molecule has 2 rings (SSSR count).